The van der Waals surface area contributed by atoms with Gasteiger partial charge in [-0.15, -0.1) is 0 Å². The van der Waals surface area contributed by atoms with E-state index in [1.165, 1.54) is 0 Å². The minimum Gasteiger partial charge on any atom is -0.748 e. The van der Waals surface area contributed by atoms with E-state index in [4.69, 9.17) is 0 Å². The number of hydrogen-bond donors (Lipinski definition) is 0. The van der Waals surface area contributed by atoms with Gasteiger partial charge in [0.1, 0.15) is 0 Å². The van der Waals surface area contributed by atoms with Crippen molar-refractivity contribution in [3.63, 3.8) is 0 Å². The molecule has 3 nitrogen and oxygen atoms in total. The first kappa shape index (κ1) is 20.0. The van der Waals surface area contributed by atoms with E-state index in [0.717, 1.165) is 0 Å². The van der Waals surface area contributed by atoms with Crippen LogP contribution in [0.25, 0.3) is 0 Å². The van der Waals surface area contributed by atoms with Crippen LogP contribution >= 0.6 is 0 Å². The van der Waals surface area contributed by atoms with Crippen LogP contribution in [0.1, 0.15) is 44.9 Å². The van der Waals surface area contributed by atoms with Gasteiger partial charge in [0.2, 0.25) is 0 Å². The SMILES string of the molecule is O=S(=O)([O-])CCCCCCCCC(F)(F)F.[Na+]. The minimum atomic E-state index is -4.14. The zero-order chi connectivity index (χ0) is 12.7. The molecule has 0 rings (SSSR count). The monoisotopic (exact) mass is 284 g/mol. The minimum absolute atomic E-state index is 0. The average Bonchev–Trinajstić information content (AvgIpc) is 2.06. The standard InChI is InChI=1S/C9H17F3O3S.Na/c10-9(11,12)7-5-3-1-2-4-6-8-16(13,14)15;/h1-8H2,(H,13,14,15);/q;+1/p-1. The van der Waals surface area contributed by atoms with Gasteiger partial charge in [0.05, 0.1) is 10.1 Å². The second-order valence-electron chi connectivity index (χ2n) is 3.75. The summed E-state index contributed by atoms with van der Waals surface area (Å²) in [5.41, 5.74) is 0. The largest absolute Gasteiger partial charge is 1.00 e. The maximum atomic E-state index is 11.7. The van der Waals surface area contributed by atoms with Gasteiger partial charge in [-0.05, 0) is 12.8 Å². The first-order chi connectivity index (χ1) is 7.21. The molecule has 0 aliphatic rings. The van der Waals surface area contributed by atoms with Gasteiger partial charge >= 0.3 is 35.7 Å². The molecule has 8 heteroatoms. The molecule has 0 amide bonds. The molecule has 0 aromatic rings. The van der Waals surface area contributed by atoms with Crippen LogP contribution in [0, 0.1) is 0 Å². The van der Waals surface area contributed by atoms with Crippen molar-refractivity contribution in [2.45, 2.75) is 51.1 Å². The summed E-state index contributed by atoms with van der Waals surface area (Å²) in [4.78, 5) is 0. The normalized spacial score (nSPS) is 12.2. The van der Waals surface area contributed by atoms with Crippen molar-refractivity contribution in [2.75, 3.05) is 5.75 Å². The Labute approximate surface area is 122 Å². The molecule has 98 valence electrons. The smallest absolute Gasteiger partial charge is 0.748 e. The van der Waals surface area contributed by atoms with Gasteiger partial charge in [-0.1, -0.05) is 25.7 Å². The molecule has 0 saturated carbocycles. The average molecular weight is 284 g/mol. The molecule has 0 saturated heterocycles. The van der Waals surface area contributed by atoms with Crippen molar-refractivity contribution in [1.29, 1.82) is 0 Å². The van der Waals surface area contributed by atoms with Gasteiger partial charge in [0.15, 0.2) is 0 Å². The third kappa shape index (κ3) is 19.2. The van der Waals surface area contributed by atoms with Crippen LogP contribution in [0.5, 0.6) is 0 Å². The van der Waals surface area contributed by atoms with Crippen LogP contribution in [-0.4, -0.2) is 24.9 Å². The Morgan fingerprint density at radius 3 is 1.71 bits per heavy atom. The molecule has 0 heterocycles. The zero-order valence-electron chi connectivity index (χ0n) is 9.92. The Hall–Kier alpha value is 0.700. The van der Waals surface area contributed by atoms with Gasteiger partial charge in [-0.3, -0.25) is 0 Å². The summed E-state index contributed by atoms with van der Waals surface area (Å²) in [6.45, 7) is 0. The van der Waals surface area contributed by atoms with Crippen LogP contribution in [-0.2, 0) is 10.1 Å². The van der Waals surface area contributed by atoms with E-state index in [1.54, 1.807) is 0 Å². The number of halogens is 3. The fourth-order valence-corrected chi connectivity index (χ4v) is 1.87. The number of unbranched alkanes of at least 4 members (excludes halogenated alkanes) is 5. The Bertz CT molecular complexity index is 278. The third-order valence-electron chi connectivity index (χ3n) is 2.10. The van der Waals surface area contributed by atoms with Gasteiger partial charge in [0.25, 0.3) is 0 Å². The Balaban J connectivity index is 0. The molecule has 0 fully saturated rings. The first-order valence-electron chi connectivity index (χ1n) is 5.21. The molecule has 17 heavy (non-hydrogen) atoms. The summed E-state index contributed by atoms with van der Waals surface area (Å²) in [6.07, 6.45) is -2.05. The van der Waals surface area contributed by atoms with Crippen molar-refractivity contribution in [2.24, 2.45) is 0 Å². The van der Waals surface area contributed by atoms with Crippen LogP contribution in [0.2, 0.25) is 0 Å². The van der Waals surface area contributed by atoms with E-state index in [2.05, 4.69) is 0 Å². The van der Waals surface area contributed by atoms with Gasteiger partial charge in [-0.2, -0.15) is 13.2 Å². The molecule has 0 atom stereocenters. The molecule has 0 aliphatic carbocycles. The van der Waals surface area contributed by atoms with Crippen LogP contribution in [0.15, 0.2) is 0 Å². The summed E-state index contributed by atoms with van der Waals surface area (Å²) in [5, 5.41) is 0. The molecule has 0 aliphatic heterocycles. The van der Waals surface area contributed by atoms with Crippen LogP contribution in [0.3, 0.4) is 0 Å². The molecular weight excluding hydrogens is 268 g/mol. The summed E-state index contributed by atoms with van der Waals surface area (Å²) < 4.78 is 65.7. The fraction of sp³-hybridized carbons (Fsp3) is 1.00. The van der Waals surface area contributed by atoms with Gasteiger partial charge in [0, 0.05) is 12.2 Å². The number of alkyl halides is 3. The molecular formula is C9H16F3NaO3S. The van der Waals surface area contributed by atoms with E-state index in [1.807, 2.05) is 0 Å². The Morgan fingerprint density at radius 2 is 1.29 bits per heavy atom. The summed E-state index contributed by atoms with van der Waals surface area (Å²) in [5.74, 6) is -0.379. The van der Waals surface area contributed by atoms with Crippen LogP contribution in [0.4, 0.5) is 13.2 Å². The second-order valence-corrected chi connectivity index (χ2v) is 5.27. The topological polar surface area (TPSA) is 57.2 Å². The molecule has 0 N–H and O–H groups in total. The van der Waals surface area contributed by atoms with Crippen molar-refractivity contribution in [3.8, 4) is 0 Å². The summed E-state index contributed by atoms with van der Waals surface area (Å²) in [7, 11) is -4.14. The summed E-state index contributed by atoms with van der Waals surface area (Å²) >= 11 is 0. The fourth-order valence-electron chi connectivity index (χ4n) is 1.31. The molecule has 0 aromatic heterocycles. The molecule has 0 radical (unpaired) electrons. The zero-order valence-corrected chi connectivity index (χ0v) is 12.7. The Morgan fingerprint density at radius 1 is 0.882 bits per heavy atom. The van der Waals surface area contributed by atoms with E-state index >= 15 is 0 Å². The summed E-state index contributed by atoms with van der Waals surface area (Å²) in [6, 6.07) is 0. The van der Waals surface area contributed by atoms with Gasteiger partial charge in [-0.25, -0.2) is 8.42 Å². The molecule has 0 bridgehead atoms. The van der Waals surface area contributed by atoms with E-state index < -0.39 is 22.7 Å². The molecule has 0 spiro atoms. The van der Waals surface area contributed by atoms with Crippen molar-refractivity contribution >= 4 is 10.1 Å². The van der Waals surface area contributed by atoms with E-state index in [-0.39, 0.29) is 41.7 Å². The number of hydrogen-bond acceptors (Lipinski definition) is 3. The second kappa shape index (κ2) is 9.61. The third-order valence-corrected chi connectivity index (χ3v) is 2.89. The van der Waals surface area contributed by atoms with Crippen molar-refractivity contribution in [3.05, 3.63) is 0 Å². The predicted molar refractivity (Wildman–Crippen MR) is 52.9 cm³/mol. The van der Waals surface area contributed by atoms with Crippen molar-refractivity contribution < 1.29 is 55.7 Å². The molecule has 0 unspecified atom stereocenters. The Kier molecular flexibility index (Phi) is 11.3. The van der Waals surface area contributed by atoms with Gasteiger partial charge < -0.3 is 4.55 Å². The van der Waals surface area contributed by atoms with E-state index in [0.29, 0.717) is 32.1 Å². The number of rotatable bonds is 8. The van der Waals surface area contributed by atoms with Crippen molar-refractivity contribution in [1.82, 2.24) is 0 Å². The first-order valence-corrected chi connectivity index (χ1v) is 6.79. The maximum absolute atomic E-state index is 11.7. The van der Waals surface area contributed by atoms with Crippen LogP contribution < -0.4 is 29.6 Å². The maximum Gasteiger partial charge on any atom is 1.00 e. The quantitative estimate of drug-likeness (QED) is 0.353. The molecule has 0 aromatic carbocycles. The van der Waals surface area contributed by atoms with E-state index in [9.17, 15) is 26.1 Å². The predicted octanol–water partition coefficient (Wildman–Crippen LogP) is -0.171.